The van der Waals surface area contributed by atoms with Crippen molar-refractivity contribution in [2.24, 2.45) is 5.92 Å². The van der Waals surface area contributed by atoms with Crippen LogP contribution < -0.4 is 5.69 Å². The lowest BCUT2D eigenvalue weighted by Gasteiger charge is -2.30. The molecule has 2 heterocycles. The van der Waals surface area contributed by atoms with Crippen molar-refractivity contribution in [1.29, 1.82) is 0 Å². The average molecular weight is 481 g/mol. The fraction of sp³-hybridized carbons (Fsp3) is 0.423. The summed E-state index contributed by atoms with van der Waals surface area (Å²) in [7, 11) is 0. The summed E-state index contributed by atoms with van der Waals surface area (Å²) < 4.78 is 1.41. The molecule has 0 radical (unpaired) electrons. The molecule has 9 nitrogen and oxygen atoms in total. The van der Waals surface area contributed by atoms with Crippen molar-refractivity contribution in [1.82, 2.24) is 19.7 Å². The van der Waals surface area contributed by atoms with Crippen LogP contribution in [-0.2, 0) is 11.2 Å². The molecule has 0 spiro atoms. The number of aromatic hydroxyl groups is 2. The lowest BCUT2D eigenvalue weighted by molar-refractivity contribution is -0.138. The number of aromatic nitrogens is 3. The maximum atomic E-state index is 12.6. The zero-order valence-corrected chi connectivity index (χ0v) is 20.1. The van der Waals surface area contributed by atoms with E-state index in [0.29, 0.717) is 22.7 Å². The topological polar surface area (TPSA) is 132 Å². The third kappa shape index (κ3) is 5.57. The van der Waals surface area contributed by atoms with Crippen molar-refractivity contribution in [3.05, 3.63) is 58.0 Å². The van der Waals surface area contributed by atoms with Gasteiger partial charge in [-0.25, -0.2) is 14.5 Å². The molecule has 35 heavy (non-hydrogen) atoms. The third-order valence-electron chi connectivity index (χ3n) is 6.78. The van der Waals surface area contributed by atoms with Crippen molar-refractivity contribution in [2.45, 2.75) is 45.4 Å². The molecule has 9 heteroatoms. The normalized spacial score (nSPS) is 15.1. The predicted octanol–water partition coefficient (Wildman–Crippen LogP) is 3.49. The Morgan fingerprint density at radius 3 is 2.43 bits per heavy atom. The van der Waals surface area contributed by atoms with Crippen LogP contribution in [0.4, 0.5) is 0 Å². The molecule has 0 unspecified atom stereocenters. The van der Waals surface area contributed by atoms with Gasteiger partial charge in [0.1, 0.15) is 11.5 Å². The zero-order valence-electron chi connectivity index (χ0n) is 20.1. The highest BCUT2D eigenvalue weighted by Gasteiger charge is 2.21. The van der Waals surface area contributed by atoms with Crippen LogP contribution in [0.1, 0.15) is 50.2 Å². The summed E-state index contributed by atoms with van der Waals surface area (Å²) in [6.45, 7) is 5.64. The summed E-state index contributed by atoms with van der Waals surface area (Å²) in [5.74, 6) is -0.0481. The molecular weight excluding hydrogens is 448 g/mol. The molecule has 1 aliphatic heterocycles. The zero-order chi connectivity index (χ0) is 25.1. The number of rotatable bonds is 8. The maximum Gasteiger partial charge on any atom is 0.348 e. The number of nitrogens with one attached hydrogen (secondary N) is 1. The molecule has 4 rings (SSSR count). The van der Waals surface area contributed by atoms with Gasteiger partial charge in [0.25, 0.3) is 0 Å². The fourth-order valence-corrected chi connectivity index (χ4v) is 4.76. The van der Waals surface area contributed by atoms with Gasteiger partial charge in [-0.2, -0.15) is 5.10 Å². The molecule has 3 aromatic rings. The van der Waals surface area contributed by atoms with Crippen LogP contribution in [0.3, 0.4) is 0 Å². The average Bonchev–Trinajstić information content (AvgIpc) is 3.19. The summed E-state index contributed by atoms with van der Waals surface area (Å²) in [5.41, 5.74) is 2.39. The molecular formula is C26H32N4O5. The highest BCUT2D eigenvalue weighted by molar-refractivity contribution is 5.69. The first-order valence-electron chi connectivity index (χ1n) is 12.0. The Kier molecular flexibility index (Phi) is 7.25. The monoisotopic (exact) mass is 480 g/mol. The van der Waals surface area contributed by atoms with Gasteiger partial charge < -0.3 is 15.3 Å². The van der Waals surface area contributed by atoms with Gasteiger partial charge in [0.05, 0.1) is 17.8 Å². The van der Waals surface area contributed by atoms with E-state index in [-0.39, 0.29) is 29.8 Å². The highest BCUT2D eigenvalue weighted by Crippen LogP contribution is 2.37. The van der Waals surface area contributed by atoms with Gasteiger partial charge in [0.2, 0.25) is 0 Å². The van der Waals surface area contributed by atoms with Gasteiger partial charge in [0, 0.05) is 6.07 Å². The minimum absolute atomic E-state index is 0.00240. The maximum absolute atomic E-state index is 12.6. The second kappa shape index (κ2) is 10.4. The number of piperidine rings is 1. The van der Waals surface area contributed by atoms with Crippen LogP contribution >= 0.6 is 0 Å². The number of hydrogen-bond donors (Lipinski definition) is 4. The minimum atomic E-state index is -0.774. The van der Waals surface area contributed by atoms with E-state index in [1.54, 1.807) is 6.07 Å². The number of aliphatic carboxylic acids is 1. The van der Waals surface area contributed by atoms with Gasteiger partial charge in [-0.05, 0) is 79.9 Å². The number of aromatic amines is 1. The number of phenolic OH excluding ortho intramolecular Hbond substituents is 2. The molecule has 186 valence electrons. The number of aryl methyl sites for hydroxylation is 1. The number of carboxylic acids is 1. The van der Waals surface area contributed by atoms with Crippen LogP contribution in [0.15, 0.2) is 41.2 Å². The van der Waals surface area contributed by atoms with E-state index in [2.05, 4.69) is 10.2 Å². The Labute approximate surface area is 203 Å². The van der Waals surface area contributed by atoms with Gasteiger partial charge in [-0.1, -0.05) is 26.0 Å². The molecule has 0 atom stereocenters. The summed E-state index contributed by atoms with van der Waals surface area (Å²) in [6, 6.07) is 10.7. The van der Waals surface area contributed by atoms with E-state index >= 15 is 0 Å². The number of carboxylic acid groups (broad SMARTS) is 1. The molecule has 2 aromatic carbocycles. The van der Waals surface area contributed by atoms with Crippen LogP contribution in [-0.4, -0.2) is 60.6 Å². The van der Waals surface area contributed by atoms with Gasteiger partial charge in [-0.15, -0.1) is 0 Å². The smallest absolute Gasteiger partial charge is 0.348 e. The third-order valence-corrected chi connectivity index (χ3v) is 6.78. The summed E-state index contributed by atoms with van der Waals surface area (Å²) in [6.07, 6.45) is 3.96. The Morgan fingerprint density at radius 1 is 1.11 bits per heavy atom. The summed E-state index contributed by atoms with van der Waals surface area (Å²) in [4.78, 5) is 25.5. The Balaban J connectivity index is 1.48. The lowest BCUT2D eigenvalue weighted by atomic mass is 9.90. The number of nitrogens with zero attached hydrogens (tertiary/aromatic N) is 3. The number of hydrogen-bond acceptors (Lipinski definition) is 6. The quantitative estimate of drug-likeness (QED) is 0.388. The largest absolute Gasteiger partial charge is 0.508 e. The molecule has 1 aromatic heterocycles. The second-order valence-electron chi connectivity index (χ2n) is 9.59. The fourth-order valence-electron chi connectivity index (χ4n) is 4.76. The first kappa shape index (κ1) is 24.5. The van der Waals surface area contributed by atoms with Crippen molar-refractivity contribution in [2.75, 3.05) is 19.6 Å². The van der Waals surface area contributed by atoms with E-state index in [9.17, 15) is 19.8 Å². The molecule has 0 saturated carbocycles. The first-order chi connectivity index (χ1) is 16.7. The van der Waals surface area contributed by atoms with Crippen molar-refractivity contribution >= 4 is 5.97 Å². The van der Waals surface area contributed by atoms with Crippen LogP contribution in [0.2, 0.25) is 0 Å². The second-order valence-corrected chi connectivity index (χ2v) is 9.59. The van der Waals surface area contributed by atoms with Gasteiger partial charge in [0.15, 0.2) is 5.82 Å². The lowest BCUT2D eigenvalue weighted by Crippen LogP contribution is -2.37. The number of H-pyrrole nitrogens is 1. The van der Waals surface area contributed by atoms with Crippen molar-refractivity contribution in [3.63, 3.8) is 0 Å². The molecule has 0 amide bonds. The molecule has 1 saturated heterocycles. The van der Waals surface area contributed by atoms with Gasteiger partial charge in [-0.3, -0.25) is 9.69 Å². The SMILES string of the molecule is CC(C)c1cc(-c2n[nH]c(=O)n2-c2ccc(CCC3CCN(CC(=O)O)CC3)cc2)c(O)cc1O. The number of benzene rings is 2. The van der Waals surface area contributed by atoms with Gasteiger partial charge >= 0.3 is 11.7 Å². The first-order valence-corrected chi connectivity index (χ1v) is 12.0. The van der Waals surface area contributed by atoms with E-state index in [0.717, 1.165) is 44.3 Å². The van der Waals surface area contributed by atoms with E-state index in [1.165, 1.54) is 10.6 Å². The van der Waals surface area contributed by atoms with E-state index in [4.69, 9.17) is 5.11 Å². The summed E-state index contributed by atoms with van der Waals surface area (Å²) in [5, 5.41) is 36.2. The highest BCUT2D eigenvalue weighted by atomic mass is 16.4. The summed E-state index contributed by atoms with van der Waals surface area (Å²) >= 11 is 0. The predicted molar refractivity (Wildman–Crippen MR) is 132 cm³/mol. The Morgan fingerprint density at radius 2 is 1.80 bits per heavy atom. The number of likely N-dealkylation sites (tertiary alicyclic amines) is 1. The standard InChI is InChI=1S/C26H32N4O5/c1-16(2)20-13-21(23(32)14-22(20)31)25-27-28-26(35)30(25)19-7-5-17(6-8-19)3-4-18-9-11-29(12-10-18)15-24(33)34/h5-8,13-14,16,18,31-32H,3-4,9-12,15H2,1-2H3,(H,28,35)(H,33,34). The molecule has 4 N–H and O–H groups in total. The molecule has 0 bridgehead atoms. The van der Waals surface area contributed by atoms with Crippen molar-refractivity contribution < 1.29 is 20.1 Å². The minimum Gasteiger partial charge on any atom is -0.508 e. The Bertz CT molecular complexity index is 1240. The van der Waals surface area contributed by atoms with Crippen LogP contribution in [0.25, 0.3) is 17.1 Å². The number of phenols is 2. The van der Waals surface area contributed by atoms with E-state index < -0.39 is 11.7 Å². The van der Waals surface area contributed by atoms with Crippen molar-refractivity contribution in [3.8, 4) is 28.6 Å². The Hall–Kier alpha value is -3.59. The molecule has 1 aliphatic rings. The van der Waals surface area contributed by atoms with E-state index in [1.807, 2.05) is 43.0 Å². The van der Waals surface area contributed by atoms with Crippen LogP contribution in [0, 0.1) is 5.92 Å². The number of carbonyl (C=O) groups is 1. The van der Waals surface area contributed by atoms with Crippen LogP contribution in [0.5, 0.6) is 11.5 Å². The molecule has 1 fully saturated rings. The molecule has 0 aliphatic carbocycles.